The van der Waals surface area contributed by atoms with Crippen LogP contribution in [-0.4, -0.2) is 42.8 Å². The van der Waals surface area contributed by atoms with E-state index < -0.39 is 47.3 Å². The molecular formula is C14H13F2NO5S. The van der Waals surface area contributed by atoms with Gasteiger partial charge in [-0.2, -0.15) is 4.31 Å². The van der Waals surface area contributed by atoms with Crippen molar-refractivity contribution < 1.29 is 31.5 Å². The summed E-state index contributed by atoms with van der Waals surface area (Å²) in [5.74, 6) is -7.24. The number of carbonyl (C=O) groups is 1. The van der Waals surface area contributed by atoms with Crippen molar-refractivity contribution in [1.29, 1.82) is 0 Å². The van der Waals surface area contributed by atoms with Gasteiger partial charge in [0.15, 0.2) is 0 Å². The molecule has 0 spiro atoms. The number of hydrogen-bond donors (Lipinski definition) is 1. The van der Waals surface area contributed by atoms with Crippen LogP contribution in [0.4, 0.5) is 8.78 Å². The summed E-state index contributed by atoms with van der Waals surface area (Å²) in [5, 5.41) is 9.09. The predicted molar refractivity (Wildman–Crippen MR) is 75.7 cm³/mol. The van der Waals surface area contributed by atoms with E-state index in [2.05, 4.69) is 0 Å². The maximum absolute atomic E-state index is 13.6. The van der Waals surface area contributed by atoms with Gasteiger partial charge in [-0.05, 0) is 6.07 Å². The number of alkyl halides is 2. The summed E-state index contributed by atoms with van der Waals surface area (Å²) in [7, 11) is -4.17. The van der Waals surface area contributed by atoms with E-state index in [1.54, 1.807) is 24.3 Å². The number of piperidine rings is 1. The number of hydrogen-bond acceptors (Lipinski definition) is 4. The molecule has 6 nitrogen and oxygen atoms in total. The molecule has 1 aliphatic heterocycles. The van der Waals surface area contributed by atoms with E-state index in [0.717, 1.165) is 4.31 Å². The molecule has 1 fully saturated rings. The Labute approximate surface area is 130 Å². The van der Waals surface area contributed by atoms with E-state index in [1.165, 1.54) is 6.07 Å². The van der Waals surface area contributed by atoms with Gasteiger partial charge in [0.2, 0.25) is 5.09 Å². The van der Waals surface area contributed by atoms with Crippen LogP contribution in [0.15, 0.2) is 39.8 Å². The standard InChI is InChI=1S/C14H13F2NO5S/c15-14(16)5-6-17(8-10(14)13(18)19)23(20,21)12-7-9-3-1-2-4-11(9)22-12/h1-4,7,10H,5-6,8H2,(H,18,19). The summed E-state index contributed by atoms with van der Waals surface area (Å²) < 4.78 is 58.3. The van der Waals surface area contributed by atoms with Gasteiger partial charge in [-0.25, -0.2) is 17.2 Å². The van der Waals surface area contributed by atoms with Gasteiger partial charge in [-0.3, -0.25) is 4.79 Å². The van der Waals surface area contributed by atoms with Gasteiger partial charge in [0, 0.05) is 31.0 Å². The number of fused-ring (bicyclic) bond motifs is 1. The van der Waals surface area contributed by atoms with Crippen LogP contribution in [0.5, 0.6) is 0 Å². The highest BCUT2D eigenvalue weighted by molar-refractivity contribution is 7.89. The minimum Gasteiger partial charge on any atom is -0.481 e. The lowest BCUT2D eigenvalue weighted by atomic mass is 9.95. The maximum Gasteiger partial charge on any atom is 0.313 e. The van der Waals surface area contributed by atoms with E-state index in [9.17, 15) is 22.0 Å². The fraction of sp³-hybridized carbons (Fsp3) is 0.357. The second-order valence-corrected chi connectivity index (χ2v) is 7.24. The molecule has 0 aliphatic carbocycles. The van der Waals surface area contributed by atoms with Crippen molar-refractivity contribution >= 4 is 27.0 Å². The third kappa shape index (κ3) is 2.70. The molecule has 0 amide bonds. The van der Waals surface area contributed by atoms with E-state index in [-0.39, 0.29) is 5.09 Å². The molecule has 1 aromatic carbocycles. The molecule has 1 saturated heterocycles. The molecule has 1 aromatic heterocycles. The van der Waals surface area contributed by atoms with Gasteiger partial charge in [-0.15, -0.1) is 0 Å². The van der Waals surface area contributed by atoms with E-state index in [4.69, 9.17) is 9.52 Å². The zero-order valence-electron chi connectivity index (χ0n) is 11.8. The Morgan fingerprint density at radius 2 is 2.04 bits per heavy atom. The molecule has 3 rings (SSSR count). The Balaban J connectivity index is 1.95. The van der Waals surface area contributed by atoms with Gasteiger partial charge in [-0.1, -0.05) is 18.2 Å². The lowest BCUT2D eigenvalue weighted by molar-refractivity contribution is -0.163. The van der Waals surface area contributed by atoms with Crippen LogP contribution >= 0.6 is 0 Å². The van der Waals surface area contributed by atoms with Crippen LogP contribution in [-0.2, 0) is 14.8 Å². The van der Waals surface area contributed by atoms with Crippen LogP contribution in [0.3, 0.4) is 0 Å². The van der Waals surface area contributed by atoms with Crippen molar-refractivity contribution in [3.63, 3.8) is 0 Å². The molecule has 0 radical (unpaired) electrons. The van der Waals surface area contributed by atoms with Crippen molar-refractivity contribution in [3.8, 4) is 0 Å². The van der Waals surface area contributed by atoms with Crippen molar-refractivity contribution in [2.75, 3.05) is 13.1 Å². The highest BCUT2D eigenvalue weighted by Gasteiger charge is 2.51. The molecule has 0 saturated carbocycles. The van der Waals surface area contributed by atoms with Crippen molar-refractivity contribution in [1.82, 2.24) is 4.31 Å². The monoisotopic (exact) mass is 345 g/mol. The molecule has 124 valence electrons. The largest absolute Gasteiger partial charge is 0.481 e. The molecule has 2 heterocycles. The first-order chi connectivity index (χ1) is 10.7. The number of benzene rings is 1. The van der Waals surface area contributed by atoms with Gasteiger partial charge in [0.05, 0.1) is 0 Å². The van der Waals surface area contributed by atoms with Crippen molar-refractivity contribution in [2.45, 2.75) is 17.4 Å². The minimum absolute atomic E-state index is 0.350. The summed E-state index contributed by atoms with van der Waals surface area (Å²) in [5.41, 5.74) is 0.350. The highest BCUT2D eigenvalue weighted by atomic mass is 32.2. The Hall–Kier alpha value is -2.00. The Morgan fingerprint density at radius 1 is 1.35 bits per heavy atom. The lowest BCUT2D eigenvalue weighted by Gasteiger charge is -2.34. The molecule has 23 heavy (non-hydrogen) atoms. The normalized spacial score (nSPS) is 22.3. The number of rotatable bonds is 3. The van der Waals surface area contributed by atoms with E-state index in [0.29, 0.717) is 11.0 Å². The molecule has 0 bridgehead atoms. The highest BCUT2D eigenvalue weighted by Crippen LogP contribution is 2.36. The van der Waals surface area contributed by atoms with Crippen LogP contribution in [0.2, 0.25) is 0 Å². The summed E-state index contributed by atoms with van der Waals surface area (Å²) in [6, 6.07) is 7.91. The average molecular weight is 345 g/mol. The van der Waals surface area contributed by atoms with Crippen LogP contribution < -0.4 is 0 Å². The SMILES string of the molecule is O=C(O)C1CN(S(=O)(=O)c2cc3ccccc3o2)CCC1(F)F. The Morgan fingerprint density at radius 3 is 2.70 bits per heavy atom. The number of nitrogens with zero attached hydrogens (tertiary/aromatic N) is 1. The van der Waals surface area contributed by atoms with Crippen molar-refractivity contribution in [3.05, 3.63) is 30.3 Å². The summed E-state index contributed by atoms with van der Waals surface area (Å²) >= 11 is 0. The molecular weight excluding hydrogens is 332 g/mol. The molecule has 1 unspecified atom stereocenters. The number of carboxylic acids is 1. The van der Waals surface area contributed by atoms with Gasteiger partial charge < -0.3 is 9.52 Å². The number of halogens is 2. The second kappa shape index (κ2) is 5.27. The zero-order chi connectivity index (χ0) is 16.8. The number of furan rings is 1. The minimum atomic E-state index is -4.17. The fourth-order valence-electron chi connectivity index (χ4n) is 2.57. The first-order valence-corrected chi connectivity index (χ1v) is 8.25. The van der Waals surface area contributed by atoms with Crippen LogP contribution in [0.1, 0.15) is 6.42 Å². The lowest BCUT2D eigenvalue weighted by Crippen LogP contribution is -2.51. The quantitative estimate of drug-likeness (QED) is 0.921. The number of aliphatic carboxylic acids is 1. The summed E-state index contributed by atoms with van der Waals surface area (Å²) in [6.45, 7) is -1.25. The van der Waals surface area contributed by atoms with Gasteiger partial charge in [0.1, 0.15) is 11.5 Å². The number of carboxylic acid groups (broad SMARTS) is 1. The topological polar surface area (TPSA) is 87.8 Å². The third-order valence-electron chi connectivity index (χ3n) is 3.89. The van der Waals surface area contributed by atoms with Gasteiger partial charge in [0.25, 0.3) is 15.9 Å². The predicted octanol–water partition coefficient (Wildman–Crippen LogP) is 2.16. The molecule has 1 N–H and O–H groups in total. The first-order valence-electron chi connectivity index (χ1n) is 6.81. The maximum atomic E-state index is 13.6. The van der Waals surface area contributed by atoms with Crippen LogP contribution in [0.25, 0.3) is 11.0 Å². The van der Waals surface area contributed by atoms with Crippen molar-refractivity contribution in [2.24, 2.45) is 5.92 Å². The zero-order valence-corrected chi connectivity index (χ0v) is 12.6. The average Bonchev–Trinajstić information content (AvgIpc) is 2.91. The second-order valence-electron chi connectivity index (χ2n) is 5.37. The Bertz CT molecular complexity index is 828. The fourth-order valence-corrected chi connectivity index (χ4v) is 3.97. The van der Waals surface area contributed by atoms with E-state index >= 15 is 0 Å². The third-order valence-corrected chi connectivity index (χ3v) is 5.61. The Kier molecular flexibility index (Phi) is 3.64. The van der Waals surface area contributed by atoms with Crippen LogP contribution in [0, 0.1) is 5.92 Å². The van der Waals surface area contributed by atoms with Gasteiger partial charge >= 0.3 is 5.97 Å². The molecule has 1 aliphatic rings. The smallest absolute Gasteiger partial charge is 0.313 e. The number of sulfonamides is 1. The summed E-state index contributed by atoms with van der Waals surface area (Å²) in [6.07, 6.45) is -0.844. The van der Waals surface area contributed by atoms with E-state index in [1.807, 2.05) is 0 Å². The first kappa shape index (κ1) is 15.9. The molecule has 2 aromatic rings. The molecule has 9 heteroatoms. The number of para-hydroxylation sites is 1. The summed E-state index contributed by atoms with van der Waals surface area (Å²) in [4.78, 5) is 11.0. The molecule has 1 atom stereocenters.